The summed E-state index contributed by atoms with van der Waals surface area (Å²) >= 11 is 5.47. The SMILES string of the molecule is CCCNC(CSc1cccc(Br)c1)CC(C)C. The Morgan fingerprint density at radius 1 is 1.33 bits per heavy atom. The fraction of sp³-hybridized carbons (Fsp3) is 0.600. The number of nitrogens with one attached hydrogen (secondary N) is 1. The number of halogens is 1. The molecule has 0 aliphatic heterocycles. The summed E-state index contributed by atoms with van der Waals surface area (Å²) in [6, 6.07) is 9.17. The Balaban J connectivity index is 2.44. The van der Waals surface area contributed by atoms with Crippen molar-refractivity contribution < 1.29 is 0 Å². The summed E-state index contributed by atoms with van der Waals surface area (Å²) in [5.74, 6) is 1.90. The van der Waals surface area contributed by atoms with Crippen LogP contribution in [0.3, 0.4) is 0 Å². The molecule has 0 aliphatic rings. The normalized spacial score (nSPS) is 12.9. The highest BCUT2D eigenvalue weighted by atomic mass is 79.9. The zero-order chi connectivity index (χ0) is 13.4. The number of hydrogen-bond donors (Lipinski definition) is 1. The fourth-order valence-corrected chi connectivity index (χ4v) is 3.46. The predicted octanol–water partition coefficient (Wildman–Crippen LogP) is 4.96. The highest BCUT2D eigenvalue weighted by molar-refractivity contribution is 9.10. The molecule has 1 atom stereocenters. The van der Waals surface area contributed by atoms with Crippen LogP contribution in [0.1, 0.15) is 33.6 Å². The van der Waals surface area contributed by atoms with Gasteiger partial charge in [-0.15, -0.1) is 11.8 Å². The molecular formula is C15H24BrNS. The summed E-state index contributed by atoms with van der Waals surface area (Å²) in [6.45, 7) is 7.94. The van der Waals surface area contributed by atoms with Gasteiger partial charge in [-0.3, -0.25) is 0 Å². The van der Waals surface area contributed by atoms with Crippen LogP contribution in [0.25, 0.3) is 0 Å². The molecule has 1 aromatic rings. The van der Waals surface area contributed by atoms with Gasteiger partial charge in [0.05, 0.1) is 0 Å². The first kappa shape index (κ1) is 16.1. The van der Waals surface area contributed by atoms with Crippen molar-refractivity contribution in [1.82, 2.24) is 5.32 Å². The molecule has 0 radical (unpaired) electrons. The standard InChI is InChI=1S/C15H24BrNS/c1-4-8-17-14(9-12(2)3)11-18-15-7-5-6-13(16)10-15/h5-7,10,12,14,17H,4,8-9,11H2,1-3H3. The van der Waals surface area contributed by atoms with Crippen LogP contribution >= 0.6 is 27.7 Å². The molecule has 1 N–H and O–H groups in total. The van der Waals surface area contributed by atoms with Gasteiger partial charge in [-0.05, 0) is 43.5 Å². The molecular weight excluding hydrogens is 306 g/mol. The van der Waals surface area contributed by atoms with Crippen molar-refractivity contribution in [3.8, 4) is 0 Å². The van der Waals surface area contributed by atoms with Crippen LogP contribution < -0.4 is 5.32 Å². The molecule has 1 rings (SSSR count). The van der Waals surface area contributed by atoms with Crippen LogP contribution in [0.2, 0.25) is 0 Å². The molecule has 0 aliphatic carbocycles. The Morgan fingerprint density at radius 3 is 2.72 bits per heavy atom. The third kappa shape index (κ3) is 6.81. The molecule has 3 heteroatoms. The lowest BCUT2D eigenvalue weighted by molar-refractivity contribution is 0.448. The summed E-state index contributed by atoms with van der Waals surface area (Å²) in [6.07, 6.45) is 2.46. The van der Waals surface area contributed by atoms with Gasteiger partial charge < -0.3 is 5.32 Å². The molecule has 0 spiro atoms. The van der Waals surface area contributed by atoms with Crippen LogP contribution in [0.15, 0.2) is 33.6 Å². The monoisotopic (exact) mass is 329 g/mol. The molecule has 0 aromatic heterocycles. The van der Waals surface area contributed by atoms with Crippen molar-refractivity contribution in [2.75, 3.05) is 12.3 Å². The molecule has 102 valence electrons. The second-order valence-electron chi connectivity index (χ2n) is 5.05. The van der Waals surface area contributed by atoms with Crippen molar-refractivity contribution >= 4 is 27.7 Å². The maximum absolute atomic E-state index is 3.65. The van der Waals surface area contributed by atoms with E-state index >= 15 is 0 Å². The molecule has 0 saturated carbocycles. The predicted molar refractivity (Wildman–Crippen MR) is 86.4 cm³/mol. The average Bonchev–Trinajstić information content (AvgIpc) is 2.32. The Labute approximate surface area is 124 Å². The molecule has 18 heavy (non-hydrogen) atoms. The minimum atomic E-state index is 0.619. The van der Waals surface area contributed by atoms with Crippen LogP contribution in [0, 0.1) is 5.92 Å². The summed E-state index contributed by atoms with van der Waals surface area (Å²) in [4.78, 5) is 1.34. The molecule has 0 saturated heterocycles. The molecule has 0 amide bonds. The maximum Gasteiger partial charge on any atom is 0.0186 e. The Bertz CT molecular complexity index is 341. The topological polar surface area (TPSA) is 12.0 Å². The summed E-state index contributed by atoms with van der Waals surface area (Å²) in [5, 5.41) is 3.65. The van der Waals surface area contributed by atoms with Gasteiger partial charge in [0, 0.05) is 21.2 Å². The lowest BCUT2D eigenvalue weighted by Gasteiger charge is -2.20. The van der Waals surface area contributed by atoms with Gasteiger partial charge in [-0.2, -0.15) is 0 Å². The van der Waals surface area contributed by atoms with Crippen LogP contribution in [0.5, 0.6) is 0 Å². The maximum atomic E-state index is 3.65. The van der Waals surface area contributed by atoms with Crippen molar-refractivity contribution in [3.05, 3.63) is 28.7 Å². The molecule has 1 unspecified atom stereocenters. The molecule has 0 bridgehead atoms. The minimum absolute atomic E-state index is 0.619. The van der Waals surface area contributed by atoms with Crippen molar-refractivity contribution in [2.45, 2.75) is 44.6 Å². The smallest absolute Gasteiger partial charge is 0.0186 e. The third-order valence-corrected chi connectivity index (χ3v) is 4.34. The van der Waals surface area contributed by atoms with E-state index in [4.69, 9.17) is 0 Å². The first-order chi connectivity index (χ1) is 8.61. The van der Waals surface area contributed by atoms with Gasteiger partial charge in [-0.25, -0.2) is 0 Å². The molecule has 1 aromatic carbocycles. The zero-order valence-electron chi connectivity index (χ0n) is 11.6. The minimum Gasteiger partial charge on any atom is -0.313 e. The molecule has 0 fully saturated rings. The van der Waals surface area contributed by atoms with E-state index in [-0.39, 0.29) is 0 Å². The molecule has 1 nitrogen and oxygen atoms in total. The number of benzene rings is 1. The van der Waals surface area contributed by atoms with Crippen LogP contribution in [0.4, 0.5) is 0 Å². The fourth-order valence-electron chi connectivity index (χ4n) is 1.88. The first-order valence-electron chi connectivity index (χ1n) is 6.73. The van der Waals surface area contributed by atoms with E-state index in [0.29, 0.717) is 6.04 Å². The lowest BCUT2D eigenvalue weighted by atomic mass is 10.1. The van der Waals surface area contributed by atoms with Gasteiger partial charge in [0.25, 0.3) is 0 Å². The first-order valence-corrected chi connectivity index (χ1v) is 8.51. The van der Waals surface area contributed by atoms with E-state index in [9.17, 15) is 0 Å². The Hall–Kier alpha value is 0.01000. The van der Waals surface area contributed by atoms with Crippen molar-refractivity contribution in [2.24, 2.45) is 5.92 Å². The van der Waals surface area contributed by atoms with E-state index in [1.54, 1.807) is 0 Å². The highest BCUT2D eigenvalue weighted by Crippen LogP contribution is 2.23. The Morgan fingerprint density at radius 2 is 2.11 bits per heavy atom. The Kier molecular flexibility index (Phi) is 8.03. The van der Waals surface area contributed by atoms with Crippen molar-refractivity contribution in [3.63, 3.8) is 0 Å². The summed E-state index contributed by atoms with van der Waals surface area (Å²) < 4.78 is 1.16. The average molecular weight is 330 g/mol. The highest BCUT2D eigenvalue weighted by Gasteiger charge is 2.10. The quantitative estimate of drug-likeness (QED) is 0.677. The lowest BCUT2D eigenvalue weighted by Crippen LogP contribution is -2.33. The summed E-state index contributed by atoms with van der Waals surface area (Å²) in [5.41, 5.74) is 0. The van der Waals surface area contributed by atoms with Crippen LogP contribution in [-0.2, 0) is 0 Å². The third-order valence-electron chi connectivity index (χ3n) is 2.69. The van der Waals surface area contributed by atoms with E-state index < -0.39 is 0 Å². The van der Waals surface area contributed by atoms with Gasteiger partial charge in [-0.1, -0.05) is 42.8 Å². The van der Waals surface area contributed by atoms with Gasteiger partial charge in [0.15, 0.2) is 0 Å². The van der Waals surface area contributed by atoms with Gasteiger partial charge in [0.2, 0.25) is 0 Å². The van der Waals surface area contributed by atoms with E-state index in [0.717, 1.165) is 22.7 Å². The zero-order valence-corrected chi connectivity index (χ0v) is 14.0. The van der Waals surface area contributed by atoms with E-state index in [2.05, 4.69) is 66.3 Å². The van der Waals surface area contributed by atoms with Crippen LogP contribution in [-0.4, -0.2) is 18.3 Å². The van der Waals surface area contributed by atoms with E-state index in [1.807, 2.05) is 11.8 Å². The second kappa shape index (κ2) is 9.00. The van der Waals surface area contributed by atoms with Gasteiger partial charge >= 0.3 is 0 Å². The second-order valence-corrected chi connectivity index (χ2v) is 7.06. The van der Waals surface area contributed by atoms with Gasteiger partial charge in [0.1, 0.15) is 0 Å². The largest absolute Gasteiger partial charge is 0.313 e. The number of hydrogen-bond acceptors (Lipinski definition) is 2. The van der Waals surface area contributed by atoms with Crippen molar-refractivity contribution in [1.29, 1.82) is 0 Å². The van der Waals surface area contributed by atoms with E-state index in [1.165, 1.54) is 17.7 Å². The molecule has 0 heterocycles. The number of thioether (sulfide) groups is 1. The summed E-state index contributed by atoms with van der Waals surface area (Å²) in [7, 11) is 0. The number of rotatable bonds is 8.